The van der Waals surface area contributed by atoms with Crippen LogP contribution in [0.4, 0.5) is 0 Å². The average molecular weight is 356 g/mol. The van der Waals surface area contributed by atoms with Crippen molar-refractivity contribution >= 4 is 34.3 Å². The summed E-state index contributed by atoms with van der Waals surface area (Å²) in [5, 5.41) is 6.59. The van der Waals surface area contributed by atoms with Crippen LogP contribution in [-0.4, -0.2) is 22.9 Å². The smallest absolute Gasteiger partial charge is 0.269 e. The number of para-hydroxylation sites is 1. The number of benzene rings is 2. The van der Waals surface area contributed by atoms with Crippen LogP contribution in [0.2, 0.25) is 5.02 Å². The lowest BCUT2D eigenvalue weighted by molar-refractivity contribution is -0.120. The molecular formula is C19H18ClN3O2. The maximum Gasteiger partial charge on any atom is 0.269 e. The first-order valence-electron chi connectivity index (χ1n) is 7.89. The maximum atomic E-state index is 12.4. The van der Waals surface area contributed by atoms with E-state index in [0.29, 0.717) is 17.3 Å². The van der Waals surface area contributed by atoms with Gasteiger partial charge in [0.25, 0.3) is 5.91 Å². The van der Waals surface area contributed by atoms with E-state index in [1.165, 1.54) is 0 Å². The van der Waals surface area contributed by atoms with Gasteiger partial charge in [-0.15, -0.1) is 0 Å². The highest BCUT2D eigenvalue weighted by Crippen LogP contribution is 2.29. The number of nitrogens with zero attached hydrogens (tertiary/aromatic N) is 1. The van der Waals surface area contributed by atoms with Crippen LogP contribution in [0, 0.1) is 0 Å². The number of carbonyl (C=O) groups excluding carboxylic acids is 2. The Labute approximate surface area is 150 Å². The maximum absolute atomic E-state index is 12.4. The van der Waals surface area contributed by atoms with Gasteiger partial charge in [0.15, 0.2) is 0 Å². The molecule has 128 valence electrons. The Morgan fingerprint density at radius 3 is 2.40 bits per heavy atom. The number of amides is 2. The summed E-state index contributed by atoms with van der Waals surface area (Å²) in [6.07, 6.45) is 0. The molecule has 0 aliphatic carbocycles. The highest BCUT2D eigenvalue weighted by atomic mass is 35.5. The minimum atomic E-state index is -0.376. The van der Waals surface area contributed by atoms with Gasteiger partial charge in [0.2, 0.25) is 5.91 Å². The van der Waals surface area contributed by atoms with Crippen LogP contribution in [0.5, 0.6) is 0 Å². The third-order valence-corrected chi connectivity index (χ3v) is 4.38. The van der Waals surface area contributed by atoms with Crippen LogP contribution in [0.3, 0.4) is 0 Å². The van der Waals surface area contributed by atoms with Gasteiger partial charge in [0.05, 0.1) is 11.6 Å². The van der Waals surface area contributed by atoms with Crippen molar-refractivity contribution in [3.63, 3.8) is 0 Å². The summed E-state index contributed by atoms with van der Waals surface area (Å²) in [6.45, 7) is 0.313. The first-order chi connectivity index (χ1) is 12.1. The highest BCUT2D eigenvalue weighted by molar-refractivity contribution is 6.38. The molecule has 3 rings (SSSR count). The Balaban J connectivity index is 1.62. The van der Waals surface area contributed by atoms with Crippen LogP contribution in [0.15, 0.2) is 54.6 Å². The molecule has 0 aliphatic rings. The Bertz CT molecular complexity index is 880. The van der Waals surface area contributed by atoms with Crippen molar-refractivity contribution in [1.29, 1.82) is 0 Å². The predicted octanol–water partition coefficient (Wildman–Crippen LogP) is 2.88. The minimum absolute atomic E-state index is 0.108. The number of hydrogen-bond donors (Lipinski definition) is 2. The second-order valence-electron chi connectivity index (χ2n) is 5.68. The van der Waals surface area contributed by atoms with Crippen molar-refractivity contribution in [2.24, 2.45) is 7.05 Å². The number of hydrogen-bond acceptors (Lipinski definition) is 2. The zero-order valence-corrected chi connectivity index (χ0v) is 14.5. The molecule has 2 amide bonds. The number of rotatable bonds is 5. The van der Waals surface area contributed by atoms with Crippen LogP contribution in [0.1, 0.15) is 16.1 Å². The quantitative estimate of drug-likeness (QED) is 0.739. The van der Waals surface area contributed by atoms with E-state index in [9.17, 15) is 9.59 Å². The molecule has 0 spiro atoms. The summed E-state index contributed by atoms with van der Waals surface area (Å²) in [5.41, 5.74) is 2.21. The molecule has 0 fully saturated rings. The van der Waals surface area contributed by atoms with E-state index in [4.69, 9.17) is 11.6 Å². The first-order valence-corrected chi connectivity index (χ1v) is 8.27. The largest absolute Gasteiger partial charge is 0.350 e. The number of aryl methyl sites for hydroxylation is 1. The SMILES string of the molecule is Cn1c(C(=O)NCC(=O)NCc2ccccc2)c(Cl)c2ccccc21. The summed E-state index contributed by atoms with van der Waals surface area (Å²) in [7, 11) is 1.78. The van der Waals surface area contributed by atoms with Gasteiger partial charge in [-0.25, -0.2) is 0 Å². The lowest BCUT2D eigenvalue weighted by atomic mass is 10.2. The van der Waals surface area contributed by atoms with Crippen molar-refractivity contribution in [3.8, 4) is 0 Å². The van der Waals surface area contributed by atoms with Gasteiger partial charge < -0.3 is 15.2 Å². The number of fused-ring (bicyclic) bond motifs is 1. The number of halogens is 1. The predicted molar refractivity (Wildman–Crippen MR) is 98.6 cm³/mol. The number of nitrogens with one attached hydrogen (secondary N) is 2. The van der Waals surface area contributed by atoms with Crippen LogP contribution < -0.4 is 10.6 Å². The summed E-state index contributed by atoms with van der Waals surface area (Å²) < 4.78 is 1.73. The molecule has 25 heavy (non-hydrogen) atoms. The molecule has 0 saturated carbocycles. The van der Waals surface area contributed by atoms with Gasteiger partial charge >= 0.3 is 0 Å². The first kappa shape index (κ1) is 17.0. The molecule has 2 N–H and O–H groups in total. The topological polar surface area (TPSA) is 63.1 Å². The van der Waals surface area contributed by atoms with Crippen molar-refractivity contribution in [3.05, 3.63) is 70.9 Å². The monoisotopic (exact) mass is 355 g/mol. The second kappa shape index (κ2) is 7.40. The van der Waals surface area contributed by atoms with Crippen LogP contribution in [0.25, 0.3) is 10.9 Å². The van der Waals surface area contributed by atoms with E-state index in [1.54, 1.807) is 11.6 Å². The molecule has 2 aromatic carbocycles. The van der Waals surface area contributed by atoms with Crippen molar-refractivity contribution in [2.75, 3.05) is 6.54 Å². The second-order valence-corrected chi connectivity index (χ2v) is 6.06. The molecule has 0 atom stereocenters. The summed E-state index contributed by atoms with van der Waals surface area (Å²) in [6, 6.07) is 17.1. The van der Waals surface area contributed by atoms with Gasteiger partial charge in [0.1, 0.15) is 5.69 Å². The number of aromatic nitrogens is 1. The van der Waals surface area contributed by atoms with Crippen LogP contribution >= 0.6 is 11.6 Å². The third kappa shape index (κ3) is 3.67. The molecule has 5 nitrogen and oxygen atoms in total. The molecule has 0 radical (unpaired) electrons. The molecule has 3 aromatic rings. The molecule has 0 saturated heterocycles. The van der Waals surface area contributed by atoms with Crippen molar-refractivity contribution in [2.45, 2.75) is 6.54 Å². The van der Waals surface area contributed by atoms with E-state index in [1.807, 2.05) is 54.6 Å². The standard InChI is InChI=1S/C19H18ClN3O2/c1-23-15-10-6-5-9-14(15)17(20)18(23)19(25)22-12-16(24)21-11-13-7-3-2-4-8-13/h2-10H,11-12H2,1H3,(H,21,24)(H,22,25). The van der Waals surface area contributed by atoms with Gasteiger partial charge in [-0.3, -0.25) is 9.59 Å². The molecule has 0 aliphatic heterocycles. The average Bonchev–Trinajstić information content (AvgIpc) is 2.90. The summed E-state index contributed by atoms with van der Waals surface area (Å²) in [4.78, 5) is 24.4. The van der Waals surface area contributed by atoms with E-state index in [-0.39, 0.29) is 18.4 Å². The zero-order chi connectivity index (χ0) is 17.8. The van der Waals surface area contributed by atoms with Crippen molar-refractivity contribution in [1.82, 2.24) is 15.2 Å². The molecule has 1 aromatic heterocycles. The van der Waals surface area contributed by atoms with Gasteiger partial charge in [-0.05, 0) is 11.6 Å². The molecule has 6 heteroatoms. The normalized spacial score (nSPS) is 10.6. The molecular weight excluding hydrogens is 338 g/mol. The Morgan fingerprint density at radius 1 is 1.00 bits per heavy atom. The minimum Gasteiger partial charge on any atom is -0.350 e. The fourth-order valence-corrected chi connectivity index (χ4v) is 3.07. The Hall–Kier alpha value is -2.79. The van der Waals surface area contributed by atoms with E-state index in [0.717, 1.165) is 16.5 Å². The lowest BCUT2D eigenvalue weighted by Crippen LogP contribution is -2.37. The fraction of sp³-hybridized carbons (Fsp3) is 0.158. The lowest BCUT2D eigenvalue weighted by Gasteiger charge is -2.08. The number of carbonyl (C=O) groups is 2. The third-order valence-electron chi connectivity index (χ3n) is 4.00. The molecule has 0 bridgehead atoms. The zero-order valence-electron chi connectivity index (χ0n) is 13.8. The van der Waals surface area contributed by atoms with Gasteiger partial charge in [-0.1, -0.05) is 60.1 Å². The van der Waals surface area contributed by atoms with E-state index >= 15 is 0 Å². The Kier molecular flexibility index (Phi) is 5.05. The van der Waals surface area contributed by atoms with Gasteiger partial charge in [0, 0.05) is 24.5 Å². The molecule has 0 unspecified atom stereocenters. The van der Waals surface area contributed by atoms with Gasteiger partial charge in [-0.2, -0.15) is 0 Å². The summed E-state index contributed by atoms with van der Waals surface area (Å²) in [5.74, 6) is -0.634. The summed E-state index contributed by atoms with van der Waals surface area (Å²) >= 11 is 6.33. The fourth-order valence-electron chi connectivity index (χ4n) is 2.70. The van der Waals surface area contributed by atoms with Crippen molar-refractivity contribution < 1.29 is 9.59 Å². The highest BCUT2D eigenvalue weighted by Gasteiger charge is 2.19. The Morgan fingerprint density at radius 2 is 1.68 bits per heavy atom. The molecule has 1 heterocycles. The van der Waals surface area contributed by atoms with Crippen LogP contribution in [-0.2, 0) is 18.4 Å². The van der Waals surface area contributed by atoms with E-state index in [2.05, 4.69) is 10.6 Å². The van der Waals surface area contributed by atoms with E-state index < -0.39 is 0 Å².